The molecule has 0 aromatic heterocycles. The van der Waals surface area contributed by atoms with Crippen molar-refractivity contribution in [1.82, 2.24) is 5.32 Å². The Labute approximate surface area is 108 Å². The Hall–Kier alpha value is 0.140. The zero-order chi connectivity index (χ0) is 11.0. The monoisotopic (exact) mass is 331 g/mol. The molecule has 0 heterocycles. The van der Waals surface area contributed by atoms with Crippen molar-refractivity contribution in [3.8, 4) is 0 Å². The normalized spacial score (nSPS) is 26.4. The summed E-state index contributed by atoms with van der Waals surface area (Å²) >= 11 is 7.07. The summed E-state index contributed by atoms with van der Waals surface area (Å²) in [6.07, 6.45) is 1.32. The molecule has 82 valence electrons. The van der Waals surface area contributed by atoms with E-state index in [2.05, 4.69) is 69.2 Å². The SMILES string of the molecule is CC(NC1CC1C)c1ccc(Br)cc1Br. The molecule has 1 N–H and O–H groups in total. The molecule has 0 radical (unpaired) electrons. The number of rotatable bonds is 3. The van der Waals surface area contributed by atoms with Gasteiger partial charge < -0.3 is 5.32 Å². The zero-order valence-electron chi connectivity index (χ0n) is 8.93. The predicted molar refractivity (Wildman–Crippen MR) is 71.0 cm³/mol. The highest BCUT2D eigenvalue weighted by atomic mass is 79.9. The van der Waals surface area contributed by atoms with Gasteiger partial charge in [-0.15, -0.1) is 0 Å². The van der Waals surface area contributed by atoms with Gasteiger partial charge in [0.1, 0.15) is 0 Å². The standard InChI is InChI=1S/C12H15Br2N/c1-7-5-12(7)15-8(2)10-4-3-9(13)6-11(10)14/h3-4,6-8,12,15H,5H2,1-2H3. The van der Waals surface area contributed by atoms with Crippen molar-refractivity contribution in [3.05, 3.63) is 32.7 Å². The Morgan fingerprint density at radius 2 is 2.07 bits per heavy atom. The highest BCUT2D eigenvalue weighted by Gasteiger charge is 2.33. The van der Waals surface area contributed by atoms with Crippen LogP contribution in [0.25, 0.3) is 0 Å². The van der Waals surface area contributed by atoms with Crippen molar-refractivity contribution >= 4 is 31.9 Å². The molecule has 1 aliphatic carbocycles. The molecule has 3 heteroatoms. The minimum atomic E-state index is 0.419. The van der Waals surface area contributed by atoms with Crippen molar-refractivity contribution in [3.63, 3.8) is 0 Å². The molecule has 0 spiro atoms. The molecule has 3 atom stereocenters. The Morgan fingerprint density at radius 3 is 2.60 bits per heavy atom. The lowest BCUT2D eigenvalue weighted by molar-refractivity contribution is 0.550. The predicted octanol–water partition coefficient (Wildman–Crippen LogP) is 4.27. The van der Waals surface area contributed by atoms with Gasteiger partial charge in [-0.2, -0.15) is 0 Å². The first-order valence-electron chi connectivity index (χ1n) is 5.29. The molecule has 1 fully saturated rings. The summed E-state index contributed by atoms with van der Waals surface area (Å²) in [4.78, 5) is 0. The first kappa shape index (κ1) is 11.6. The van der Waals surface area contributed by atoms with Crippen LogP contribution in [0.5, 0.6) is 0 Å². The van der Waals surface area contributed by atoms with Crippen LogP contribution in [-0.2, 0) is 0 Å². The van der Waals surface area contributed by atoms with Crippen LogP contribution in [0, 0.1) is 5.92 Å². The summed E-state index contributed by atoms with van der Waals surface area (Å²) < 4.78 is 2.29. The molecular formula is C12H15Br2N. The topological polar surface area (TPSA) is 12.0 Å². The van der Waals surface area contributed by atoms with Crippen molar-refractivity contribution in [2.75, 3.05) is 0 Å². The fourth-order valence-electron chi connectivity index (χ4n) is 1.82. The molecule has 0 saturated heterocycles. The van der Waals surface area contributed by atoms with Gasteiger partial charge >= 0.3 is 0 Å². The molecule has 3 unspecified atom stereocenters. The van der Waals surface area contributed by atoms with Gasteiger partial charge in [-0.05, 0) is 37.0 Å². The smallest absolute Gasteiger partial charge is 0.0305 e. The second-order valence-electron chi connectivity index (χ2n) is 4.37. The molecule has 2 rings (SSSR count). The Kier molecular flexibility index (Phi) is 3.53. The maximum absolute atomic E-state index is 3.63. The van der Waals surface area contributed by atoms with Gasteiger partial charge in [-0.25, -0.2) is 0 Å². The average Bonchev–Trinajstić information content (AvgIpc) is 2.81. The number of halogens is 2. The highest BCUT2D eigenvalue weighted by Crippen LogP contribution is 2.33. The lowest BCUT2D eigenvalue weighted by Crippen LogP contribution is -2.22. The average molecular weight is 333 g/mol. The van der Waals surface area contributed by atoms with E-state index in [0.717, 1.165) is 16.4 Å². The summed E-state index contributed by atoms with van der Waals surface area (Å²) in [5.41, 5.74) is 1.33. The van der Waals surface area contributed by atoms with Crippen molar-refractivity contribution in [1.29, 1.82) is 0 Å². The van der Waals surface area contributed by atoms with Crippen LogP contribution in [0.15, 0.2) is 27.1 Å². The van der Waals surface area contributed by atoms with Gasteiger partial charge in [0, 0.05) is 21.0 Å². The van der Waals surface area contributed by atoms with Gasteiger partial charge in [0.05, 0.1) is 0 Å². The summed E-state index contributed by atoms with van der Waals surface area (Å²) in [7, 11) is 0. The van der Waals surface area contributed by atoms with Crippen LogP contribution >= 0.6 is 31.9 Å². The van der Waals surface area contributed by atoms with Gasteiger partial charge in [0.2, 0.25) is 0 Å². The minimum absolute atomic E-state index is 0.419. The van der Waals surface area contributed by atoms with E-state index in [-0.39, 0.29) is 0 Å². The second kappa shape index (κ2) is 4.56. The van der Waals surface area contributed by atoms with Gasteiger partial charge in [-0.1, -0.05) is 44.8 Å². The van der Waals surface area contributed by atoms with Crippen LogP contribution in [0.1, 0.15) is 31.9 Å². The highest BCUT2D eigenvalue weighted by molar-refractivity contribution is 9.11. The van der Waals surface area contributed by atoms with E-state index >= 15 is 0 Å². The number of hydrogen-bond donors (Lipinski definition) is 1. The van der Waals surface area contributed by atoms with Gasteiger partial charge in [0.25, 0.3) is 0 Å². The number of hydrogen-bond acceptors (Lipinski definition) is 1. The second-order valence-corrected chi connectivity index (χ2v) is 6.14. The van der Waals surface area contributed by atoms with E-state index in [1.165, 1.54) is 16.5 Å². The third-order valence-corrected chi connectivity index (χ3v) is 4.18. The molecule has 1 saturated carbocycles. The maximum atomic E-state index is 3.63. The lowest BCUT2D eigenvalue weighted by Gasteiger charge is -2.15. The first-order valence-corrected chi connectivity index (χ1v) is 6.87. The zero-order valence-corrected chi connectivity index (χ0v) is 12.1. The molecule has 0 amide bonds. The minimum Gasteiger partial charge on any atom is -0.307 e. The van der Waals surface area contributed by atoms with E-state index in [1.54, 1.807) is 0 Å². The van der Waals surface area contributed by atoms with E-state index in [4.69, 9.17) is 0 Å². The fourth-order valence-corrected chi connectivity index (χ4v) is 3.21. The summed E-state index contributed by atoms with van der Waals surface area (Å²) in [6, 6.07) is 7.50. The first-order chi connectivity index (χ1) is 7.08. The molecule has 1 nitrogen and oxygen atoms in total. The Balaban J connectivity index is 2.07. The third kappa shape index (κ3) is 2.83. The van der Waals surface area contributed by atoms with Crippen molar-refractivity contribution in [2.24, 2.45) is 5.92 Å². The van der Waals surface area contributed by atoms with Crippen molar-refractivity contribution < 1.29 is 0 Å². The Morgan fingerprint density at radius 1 is 1.40 bits per heavy atom. The molecule has 1 aliphatic rings. The summed E-state index contributed by atoms with van der Waals surface area (Å²) in [6.45, 7) is 4.51. The van der Waals surface area contributed by atoms with Crippen molar-refractivity contribution in [2.45, 2.75) is 32.4 Å². The quantitative estimate of drug-likeness (QED) is 0.871. The molecule has 15 heavy (non-hydrogen) atoms. The molecule has 1 aromatic rings. The van der Waals surface area contributed by atoms with E-state index in [9.17, 15) is 0 Å². The number of nitrogens with one attached hydrogen (secondary N) is 1. The summed E-state index contributed by atoms with van der Waals surface area (Å²) in [5.74, 6) is 0.849. The molecule has 0 aliphatic heterocycles. The Bertz CT molecular complexity index is 365. The van der Waals surface area contributed by atoms with Crippen LogP contribution < -0.4 is 5.32 Å². The van der Waals surface area contributed by atoms with Crippen LogP contribution in [-0.4, -0.2) is 6.04 Å². The number of benzene rings is 1. The van der Waals surface area contributed by atoms with Gasteiger partial charge in [-0.3, -0.25) is 0 Å². The van der Waals surface area contributed by atoms with Crippen LogP contribution in [0.3, 0.4) is 0 Å². The van der Waals surface area contributed by atoms with E-state index in [1.807, 2.05) is 0 Å². The summed E-state index contributed by atoms with van der Waals surface area (Å²) in [5, 5.41) is 3.63. The molecule has 0 bridgehead atoms. The molecular weight excluding hydrogens is 318 g/mol. The fraction of sp³-hybridized carbons (Fsp3) is 0.500. The largest absolute Gasteiger partial charge is 0.307 e. The van der Waals surface area contributed by atoms with Crippen LogP contribution in [0.4, 0.5) is 0 Å². The van der Waals surface area contributed by atoms with E-state index in [0.29, 0.717) is 6.04 Å². The maximum Gasteiger partial charge on any atom is 0.0305 e. The molecule has 1 aromatic carbocycles. The van der Waals surface area contributed by atoms with E-state index < -0.39 is 0 Å². The van der Waals surface area contributed by atoms with Crippen LogP contribution in [0.2, 0.25) is 0 Å². The van der Waals surface area contributed by atoms with Gasteiger partial charge in [0.15, 0.2) is 0 Å². The third-order valence-electron chi connectivity index (χ3n) is 3.00. The lowest BCUT2D eigenvalue weighted by atomic mass is 10.1.